The van der Waals surface area contributed by atoms with Gasteiger partial charge < -0.3 is 10.1 Å². The number of nitrogens with one attached hydrogen (secondary N) is 2. The molecule has 28 heavy (non-hydrogen) atoms. The van der Waals surface area contributed by atoms with E-state index in [4.69, 9.17) is 4.74 Å². The highest BCUT2D eigenvalue weighted by molar-refractivity contribution is 9.10. The van der Waals surface area contributed by atoms with Crippen LogP contribution in [-0.4, -0.2) is 34.0 Å². The van der Waals surface area contributed by atoms with Gasteiger partial charge in [0.25, 0.3) is 0 Å². The maximum Gasteiger partial charge on any atom is 0.240 e. The van der Waals surface area contributed by atoms with Gasteiger partial charge >= 0.3 is 0 Å². The van der Waals surface area contributed by atoms with Gasteiger partial charge in [-0.15, -0.1) is 0 Å². The van der Waals surface area contributed by atoms with Gasteiger partial charge in [-0.3, -0.25) is 4.79 Å². The average molecular weight is 469 g/mol. The second-order valence-corrected chi connectivity index (χ2v) is 9.08. The molecule has 0 spiro atoms. The predicted molar refractivity (Wildman–Crippen MR) is 113 cm³/mol. The number of halogens is 1. The fourth-order valence-electron chi connectivity index (χ4n) is 2.53. The predicted octanol–water partition coefficient (Wildman–Crippen LogP) is 3.32. The topological polar surface area (TPSA) is 84.5 Å². The fraction of sp³-hybridized carbons (Fsp3) is 0.350. The molecule has 2 rings (SSSR count). The normalized spacial score (nSPS) is 11.2. The molecular weight excluding hydrogens is 444 g/mol. The molecular formula is C20H25BrN2O4S. The van der Waals surface area contributed by atoms with Gasteiger partial charge in [-0.1, -0.05) is 34.1 Å². The van der Waals surface area contributed by atoms with Crippen molar-refractivity contribution in [3.05, 3.63) is 58.1 Å². The molecule has 0 aliphatic carbocycles. The standard InChI is InChI=1S/C20H25BrN2O4S/c1-15-8-9-16(2)19(13-15)28(25,26)23-11-10-22-20(24)7-4-12-27-18-6-3-5-17(21)14-18/h3,5-6,8-9,13-14,23H,4,7,10-12H2,1-2H3,(H,22,24). The quantitative estimate of drug-likeness (QED) is 0.523. The Morgan fingerprint density at radius 3 is 2.64 bits per heavy atom. The van der Waals surface area contributed by atoms with E-state index >= 15 is 0 Å². The Morgan fingerprint density at radius 1 is 1.11 bits per heavy atom. The third-order valence-corrected chi connectivity index (χ3v) is 6.08. The molecule has 0 saturated carbocycles. The summed E-state index contributed by atoms with van der Waals surface area (Å²) in [6, 6.07) is 12.8. The summed E-state index contributed by atoms with van der Waals surface area (Å²) in [6.45, 7) is 4.40. The van der Waals surface area contributed by atoms with E-state index in [-0.39, 0.29) is 23.9 Å². The highest BCUT2D eigenvalue weighted by atomic mass is 79.9. The first-order valence-corrected chi connectivity index (χ1v) is 11.3. The van der Waals surface area contributed by atoms with Gasteiger partial charge in [0.15, 0.2) is 0 Å². The van der Waals surface area contributed by atoms with Crippen LogP contribution < -0.4 is 14.8 Å². The first kappa shape index (κ1) is 22.4. The molecule has 0 aromatic heterocycles. The monoisotopic (exact) mass is 468 g/mol. The highest BCUT2D eigenvalue weighted by Crippen LogP contribution is 2.18. The van der Waals surface area contributed by atoms with E-state index in [9.17, 15) is 13.2 Å². The van der Waals surface area contributed by atoms with E-state index in [1.165, 1.54) is 0 Å². The molecule has 0 unspecified atom stereocenters. The maximum atomic E-state index is 12.4. The number of rotatable bonds is 10. The fourth-order valence-corrected chi connectivity index (χ4v) is 4.27. The third-order valence-electron chi connectivity index (χ3n) is 3.99. The molecule has 0 aliphatic heterocycles. The first-order valence-electron chi connectivity index (χ1n) is 9.00. The molecule has 0 atom stereocenters. The Morgan fingerprint density at radius 2 is 1.89 bits per heavy atom. The summed E-state index contributed by atoms with van der Waals surface area (Å²) in [7, 11) is -3.59. The number of hydrogen-bond donors (Lipinski definition) is 2. The van der Waals surface area contributed by atoms with Gasteiger partial charge in [0, 0.05) is 24.0 Å². The lowest BCUT2D eigenvalue weighted by atomic mass is 10.2. The SMILES string of the molecule is Cc1ccc(C)c(S(=O)(=O)NCCNC(=O)CCCOc2cccc(Br)c2)c1. The van der Waals surface area contributed by atoms with Crippen LogP contribution in [0, 0.1) is 13.8 Å². The summed E-state index contributed by atoms with van der Waals surface area (Å²) >= 11 is 3.37. The summed E-state index contributed by atoms with van der Waals surface area (Å²) in [5.41, 5.74) is 1.57. The second kappa shape index (κ2) is 10.6. The summed E-state index contributed by atoms with van der Waals surface area (Å²) in [5.74, 6) is 0.611. The van der Waals surface area contributed by atoms with E-state index in [2.05, 4.69) is 26.0 Å². The van der Waals surface area contributed by atoms with Crippen LogP contribution in [0.5, 0.6) is 5.75 Å². The third kappa shape index (κ3) is 7.26. The van der Waals surface area contributed by atoms with Crippen LogP contribution in [0.25, 0.3) is 0 Å². The van der Waals surface area contributed by atoms with E-state index in [1.807, 2.05) is 37.3 Å². The lowest BCUT2D eigenvalue weighted by molar-refractivity contribution is -0.121. The Labute approximate surface area is 174 Å². The zero-order chi connectivity index (χ0) is 20.6. The number of amides is 1. The molecule has 6 nitrogen and oxygen atoms in total. The first-order chi connectivity index (χ1) is 13.3. The molecule has 152 valence electrons. The number of carbonyl (C=O) groups is 1. The number of benzene rings is 2. The molecule has 0 bridgehead atoms. The molecule has 0 saturated heterocycles. The Balaban J connectivity index is 1.66. The zero-order valence-corrected chi connectivity index (χ0v) is 18.4. The number of aryl methyl sites for hydroxylation is 2. The minimum Gasteiger partial charge on any atom is -0.494 e. The summed E-state index contributed by atoms with van der Waals surface area (Å²) in [6.07, 6.45) is 0.893. The zero-order valence-electron chi connectivity index (χ0n) is 16.0. The van der Waals surface area contributed by atoms with Crippen molar-refractivity contribution in [2.75, 3.05) is 19.7 Å². The molecule has 2 aromatic rings. The van der Waals surface area contributed by atoms with Crippen LogP contribution in [0.1, 0.15) is 24.0 Å². The van der Waals surface area contributed by atoms with Crippen molar-refractivity contribution in [1.29, 1.82) is 0 Å². The Bertz CT molecular complexity index is 916. The van der Waals surface area contributed by atoms with Crippen molar-refractivity contribution in [2.24, 2.45) is 0 Å². The number of hydrogen-bond acceptors (Lipinski definition) is 4. The Hall–Kier alpha value is -1.90. The van der Waals surface area contributed by atoms with Crippen LogP contribution in [0.3, 0.4) is 0 Å². The van der Waals surface area contributed by atoms with E-state index in [0.29, 0.717) is 25.0 Å². The summed E-state index contributed by atoms with van der Waals surface area (Å²) < 4.78 is 33.8. The smallest absolute Gasteiger partial charge is 0.240 e. The second-order valence-electron chi connectivity index (χ2n) is 6.43. The van der Waals surface area contributed by atoms with Crippen LogP contribution in [0.15, 0.2) is 51.8 Å². The minimum absolute atomic E-state index is 0.135. The molecule has 0 fully saturated rings. The lowest BCUT2D eigenvalue weighted by Gasteiger charge is -2.11. The Kier molecular flexibility index (Phi) is 8.47. The average Bonchev–Trinajstić information content (AvgIpc) is 2.64. The van der Waals surface area contributed by atoms with Gasteiger partial charge in [0.2, 0.25) is 15.9 Å². The summed E-state index contributed by atoms with van der Waals surface area (Å²) in [4.78, 5) is 12.1. The van der Waals surface area contributed by atoms with E-state index in [0.717, 1.165) is 15.8 Å². The van der Waals surface area contributed by atoms with Crippen LogP contribution in [0.2, 0.25) is 0 Å². The minimum atomic E-state index is -3.59. The van der Waals surface area contributed by atoms with E-state index < -0.39 is 10.0 Å². The highest BCUT2D eigenvalue weighted by Gasteiger charge is 2.16. The van der Waals surface area contributed by atoms with Gasteiger partial charge in [-0.05, 0) is 55.7 Å². The number of sulfonamides is 1. The van der Waals surface area contributed by atoms with Gasteiger partial charge in [-0.2, -0.15) is 0 Å². The van der Waals surface area contributed by atoms with Gasteiger partial charge in [0.1, 0.15) is 5.75 Å². The van der Waals surface area contributed by atoms with Crippen molar-refractivity contribution in [3.63, 3.8) is 0 Å². The molecule has 2 aromatic carbocycles. The van der Waals surface area contributed by atoms with Crippen LogP contribution in [0.4, 0.5) is 0 Å². The molecule has 0 heterocycles. The van der Waals surface area contributed by atoms with Crippen molar-refractivity contribution in [2.45, 2.75) is 31.6 Å². The summed E-state index contributed by atoms with van der Waals surface area (Å²) in [5, 5.41) is 2.71. The van der Waals surface area contributed by atoms with Crippen molar-refractivity contribution >= 4 is 31.9 Å². The van der Waals surface area contributed by atoms with Crippen LogP contribution in [-0.2, 0) is 14.8 Å². The van der Waals surface area contributed by atoms with Crippen molar-refractivity contribution < 1.29 is 17.9 Å². The maximum absolute atomic E-state index is 12.4. The van der Waals surface area contributed by atoms with Gasteiger partial charge in [0.05, 0.1) is 11.5 Å². The largest absolute Gasteiger partial charge is 0.494 e. The molecule has 2 N–H and O–H groups in total. The van der Waals surface area contributed by atoms with E-state index in [1.54, 1.807) is 19.1 Å². The molecule has 8 heteroatoms. The van der Waals surface area contributed by atoms with Crippen LogP contribution >= 0.6 is 15.9 Å². The molecule has 1 amide bonds. The lowest BCUT2D eigenvalue weighted by Crippen LogP contribution is -2.35. The van der Waals surface area contributed by atoms with Crippen molar-refractivity contribution in [3.8, 4) is 5.75 Å². The van der Waals surface area contributed by atoms with Crippen molar-refractivity contribution in [1.82, 2.24) is 10.0 Å². The van der Waals surface area contributed by atoms with Gasteiger partial charge in [-0.25, -0.2) is 13.1 Å². The number of ether oxygens (including phenoxy) is 1. The molecule has 0 aliphatic rings. The number of carbonyl (C=O) groups excluding carboxylic acids is 1. The molecule has 0 radical (unpaired) electrons.